The van der Waals surface area contributed by atoms with Crippen LogP contribution in [0, 0.1) is 0 Å². The molecule has 0 aliphatic heterocycles. The number of hydrazone groups is 1. The van der Waals surface area contributed by atoms with Crippen LogP contribution in [0.2, 0.25) is 0 Å². The maximum absolute atomic E-state index is 12.3. The third-order valence-corrected chi connectivity index (χ3v) is 4.68. The molecule has 0 aliphatic carbocycles. The molecule has 0 radical (unpaired) electrons. The highest BCUT2D eigenvalue weighted by atomic mass is 79.9. The number of aromatic amines is 1. The molecule has 6 heteroatoms. The number of aromatic nitrogens is 2. The van der Waals surface area contributed by atoms with Crippen molar-refractivity contribution in [3.8, 4) is 11.3 Å². The number of nitrogens with zero attached hydrogens (tertiary/aromatic N) is 2. The van der Waals surface area contributed by atoms with Gasteiger partial charge >= 0.3 is 0 Å². The number of halogens is 1. The molecule has 4 rings (SSSR count). The van der Waals surface area contributed by atoms with E-state index < -0.39 is 0 Å². The molecule has 0 saturated carbocycles. The number of rotatable bonds is 4. The summed E-state index contributed by atoms with van der Waals surface area (Å²) in [5.41, 5.74) is 5.45. The van der Waals surface area contributed by atoms with Gasteiger partial charge in [-0.2, -0.15) is 10.2 Å². The van der Waals surface area contributed by atoms with Crippen LogP contribution in [0.15, 0.2) is 82.4 Å². The highest BCUT2D eigenvalue weighted by Gasteiger charge is 2.10. The highest BCUT2D eigenvalue weighted by Crippen LogP contribution is 2.20. The first-order chi connectivity index (χ1) is 13.2. The standard InChI is InChI=1S/C21H15BrN4O/c22-17-10-8-15(9-11-17)19-12-20(25-24-19)21(27)26-23-13-16-6-3-5-14-4-1-2-7-18(14)16/h1-13H,(H,24,25)(H,26,27)/b23-13-. The fourth-order valence-corrected chi connectivity index (χ4v) is 3.05. The molecule has 0 spiro atoms. The largest absolute Gasteiger partial charge is 0.289 e. The molecule has 27 heavy (non-hydrogen) atoms. The number of fused-ring (bicyclic) bond motifs is 1. The molecule has 0 fully saturated rings. The van der Waals surface area contributed by atoms with Gasteiger partial charge in [-0.25, -0.2) is 5.43 Å². The van der Waals surface area contributed by atoms with Crippen molar-refractivity contribution in [2.45, 2.75) is 0 Å². The van der Waals surface area contributed by atoms with Crippen molar-refractivity contribution in [2.24, 2.45) is 5.10 Å². The minimum Gasteiger partial charge on any atom is -0.272 e. The van der Waals surface area contributed by atoms with E-state index in [1.54, 1.807) is 12.3 Å². The lowest BCUT2D eigenvalue weighted by Gasteiger charge is -2.01. The molecule has 1 amide bonds. The van der Waals surface area contributed by atoms with E-state index in [1.165, 1.54) is 0 Å². The van der Waals surface area contributed by atoms with Crippen LogP contribution in [0.4, 0.5) is 0 Å². The number of hydrogen-bond donors (Lipinski definition) is 2. The van der Waals surface area contributed by atoms with Crippen LogP contribution < -0.4 is 5.43 Å². The van der Waals surface area contributed by atoms with Gasteiger partial charge in [0.25, 0.3) is 5.91 Å². The van der Waals surface area contributed by atoms with E-state index in [4.69, 9.17) is 0 Å². The van der Waals surface area contributed by atoms with Gasteiger partial charge in [-0.3, -0.25) is 9.89 Å². The van der Waals surface area contributed by atoms with Crippen LogP contribution in [0.1, 0.15) is 16.1 Å². The summed E-state index contributed by atoms with van der Waals surface area (Å²) in [4.78, 5) is 12.3. The van der Waals surface area contributed by atoms with Gasteiger partial charge in [0.1, 0.15) is 5.69 Å². The summed E-state index contributed by atoms with van der Waals surface area (Å²) in [5, 5.41) is 13.2. The first-order valence-electron chi connectivity index (χ1n) is 8.33. The quantitative estimate of drug-likeness (QED) is 0.370. The smallest absolute Gasteiger partial charge is 0.272 e. The van der Waals surface area contributed by atoms with Gasteiger partial charge in [-0.15, -0.1) is 0 Å². The Morgan fingerprint density at radius 2 is 1.81 bits per heavy atom. The molecule has 0 saturated heterocycles. The zero-order valence-corrected chi connectivity index (χ0v) is 15.8. The topological polar surface area (TPSA) is 70.1 Å². The maximum atomic E-state index is 12.3. The fraction of sp³-hybridized carbons (Fsp3) is 0. The van der Waals surface area contributed by atoms with Crippen LogP contribution in [-0.2, 0) is 0 Å². The van der Waals surface area contributed by atoms with Crippen LogP contribution >= 0.6 is 15.9 Å². The Morgan fingerprint density at radius 1 is 1.04 bits per heavy atom. The molecule has 0 aliphatic rings. The van der Waals surface area contributed by atoms with Crippen LogP contribution in [0.5, 0.6) is 0 Å². The van der Waals surface area contributed by atoms with E-state index in [1.807, 2.05) is 66.7 Å². The lowest BCUT2D eigenvalue weighted by molar-refractivity contribution is 0.0950. The summed E-state index contributed by atoms with van der Waals surface area (Å²) in [6.07, 6.45) is 1.65. The van der Waals surface area contributed by atoms with Gasteiger partial charge in [0, 0.05) is 15.6 Å². The SMILES string of the molecule is O=C(N/N=C\c1cccc2ccccc12)c1cc(-c2ccc(Br)cc2)n[nH]1. The molecule has 2 N–H and O–H groups in total. The Kier molecular flexibility index (Phi) is 4.80. The summed E-state index contributed by atoms with van der Waals surface area (Å²) in [6, 6.07) is 23.4. The maximum Gasteiger partial charge on any atom is 0.289 e. The van der Waals surface area contributed by atoms with Gasteiger partial charge in [-0.05, 0) is 29.0 Å². The number of benzene rings is 3. The van der Waals surface area contributed by atoms with Crippen LogP contribution in [-0.4, -0.2) is 22.3 Å². The molecule has 5 nitrogen and oxygen atoms in total. The van der Waals surface area contributed by atoms with Gasteiger partial charge in [0.2, 0.25) is 0 Å². The molecule has 0 bridgehead atoms. The summed E-state index contributed by atoms with van der Waals surface area (Å²) in [6.45, 7) is 0. The summed E-state index contributed by atoms with van der Waals surface area (Å²) in [7, 11) is 0. The van der Waals surface area contributed by atoms with E-state index in [-0.39, 0.29) is 5.91 Å². The minimum atomic E-state index is -0.345. The molecule has 1 aromatic heterocycles. The van der Waals surface area contributed by atoms with Crippen molar-refractivity contribution in [3.05, 3.63) is 88.5 Å². The summed E-state index contributed by atoms with van der Waals surface area (Å²) in [5.74, 6) is -0.345. The van der Waals surface area contributed by atoms with E-state index >= 15 is 0 Å². The van der Waals surface area contributed by atoms with Crippen molar-refractivity contribution >= 4 is 38.8 Å². The Bertz CT molecular complexity index is 1130. The molecule has 0 unspecified atom stereocenters. The second-order valence-electron chi connectivity index (χ2n) is 5.94. The van der Waals surface area contributed by atoms with Gasteiger partial charge in [0.05, 0.1) is 11.9 Å². The summed E-state index contributed by atoms with van der Waals surface area (Å²) < 4.78 is 0.988. The molecule has 132 valence electrons. The second-order valence-corrected chi connectivity index (χ2v) is 6.86. The Morgan fingerprint density at radius 3 is 2.67 bits per heavy atom. The first-order valence-corrected chi connectivity index (χ1v) is 9.12. The number of carbonyl (C=O) groups is 1. The number of H-pyrrole nitrogens is 1. The Labute approximate surface area is 164 Å². The van der Waals surface area contributed by atoms with Crippen molar-refractivity contribution in [3.63, 3.8) is 0 Å². The lowest BCUT2D eigenvalue weighted by Crippen LogP contribution is -2.18. The molecular formula is C21H15BrN4O. The lowest BCUT2D eigenvalue weighted by atomic mass is 10.1. The van der Waals surface area contributed by atoms with Gasteiger partial charge in [0.15, 0.2) is 0 Å². The van der Waals surface area contributed by atoms with E-state index in [2.05, 4.69) is 36.7 Å². The van der Waals surface area contributed by atoms with Crippen LogP contribution in [0.3, 0.4) is 0 Å². The molecule has 4 aromatic rings. The van der Waals surface area contributed by atoms with Crippen molar-refractivity contribution in [1.29, 1.82) is 0 Å². The first kappa shape index (κ1) is 17.2. The minimum absolute atomic E-state index is 0.345. The monoisotopic (exact) mass is 418 g/mol. The van der Waals surface area contributed by atoms with E-state index in [0.717, 1.165) is 26.4 Å². The summed E-state index contributed by atoms with van der Waals surface area (Å²) >= 11 is 3.40. The molecule has 0 atom stereocenters. The number of carbonyl (C=O) groups excluding carboxylic acids is 1. The molecule has 3 aromatic carbocycles. The normalized spacial score (nSPS) is 11.1. The van der Waals surface area contributed by atoms with Gasteiger partial charge in [-0.1, -0.05) is 70.5 Å². The average Bonchev–Trinajstić information content (AvgIpc) is 3.19. The van der Waals surface area contributed by atoms with Crippen molar-refractivity contribution in [2.75, 3.05) is 0 Å². The Balaban J connectivity index is 1.48. The second kappa shape index (κ2) is 7.55. The van der Waals surface area contributed by atoms with E-state index in [0.29, 0.717) is 11.4 Å². The van der Waals surface area contributed by atoms with E-state index in [9.17, 15) is 4.79 Å². The highest BCUT2D eigenvalue weighted by molar-refractivity contribution is 9.10. The Hall–Kier alpha value is -3.25. The van der Waals surface area contributed by atoms with Gasteiger partial charge < -0.3 is 0 Å². The third kappa shape index (κ3) is 3.80. The zero-order chi connectivity index (χ0) is 18.6. The fourth-order valence-electron chi connectivity index (χ4n) is 2.79. The zero-order valence-electron chi connectivity index (χ0n) is 14.2. The molecule has 1 heterocycles. The average molecular weight is 419 g/mol. The predicted molar refractivity (Wildman–Crippen MR) is 111 cm³/mol. The molecular weight excluding hydrogens is 404 g/mol. The van der Waals surface area contributed by atoms with Crippen molar-refractivity contribution < 1.29 is 4.79 Å². The number of amides is 1. The van der Waals surface area contributed by atoms with Crippen molar-refractivity contribution in [1.82, 2.24) is 15.6 Å². The number of nitrogens with one attached hydrogen (secondary N) is 2. The predicted octanol–water partition coefficient (Wildman–Crippen LogP) is 4.76. The number of hydrogen-bond acceptors (Lipinski definition) is 3. The third-order valence-electron chi connectivity index (χ3n) is 4.16. The van der Waals surface area contributed by atoms with Crippen LogP contribution in [0.25, 0.3) is 22.0 Å².